The van der Waals surface area contributed by atoms with E-state index in [4.69, 9.17) is 9.11 Å². The molecule has 0 saturated carbocycles. The molecular weight excluding hydrogens is 402 g/mol. The van der Waals surface area contributed by atoms with Crippen LogP contribution >= 0.6 is 0 Å². The van der Waals surface area contributed by atoms with E-state index in [2.05, 4.69) is 16.1 Å². The fourth-order valence-electron chi connectivity index (χ4n) is 1.23. The Balaban J connectivity index is -0.000000403. The smallest absolute Gasteiger partial charge is 1.00 e. The topological polar surface area (TPSA) is 161 Å². The first-order chi connectivity index (χ1) is 10.4. The Morgan fingerprint density at radius 3 is 1.68 bits per heavy atom. The molecule has 0 heterocycles. The molecule has 0 aromatic heterocycles. The summed E-state index contributed by atoms with van der Waals surface area (Å²) >= 11 is 0. The molecule has 0 amide bonds. The molecule has 0 rings (SSSR count). The van der Waals surface area contributed by atoms with Gasteiger partial charge < -0.3 is 12.3 Å². The third-order valence-corrected chi connectivity index (χ3v) is 3.85. The van der Waals surface area contributed by atoms with Crippen LogP contribution in [0.1, 0.15) is 22.1 Å². The SMILES string of the molecule is C=C(CC(=O)OCCCS(=O)(=O)O)C(=O)OCCCS(=O)(=O)O.[H-].[H-].[Na+].[Na+]. The van der Waals surface area contributed by atoms with E-state index in [1.54, 1.807) is 0 Å². The van der Waals surface area contributed by atoms with Gasteiger partial charge in [0.25, 0.3) is 20.2 Å². The van der Waals surface area contributed by atoms with Crippen LogP contribution in [0.3, 0.4) is 0 Å². The van der Waals surface area contributed by atoms with Gasteiger partial charge in [-0.25, -0.2) is 4.79 Å². The molecule has 0 unspecified atom stereocenters. The van der Waals surface area contributed by atoms with Gasteiger partial charge in [-0.1, -0.05) is 6.58 Å². The molecule has 0 aliphatic carbocycles. The second-order valence-electron chi connectivity index (χ2n) is 4.42. The number of carbonyl (C=O) groups excluding carboxylic acids is 2. The second kappa shape index (κ2) is 14.5. The summed E-state index contributed by atoms with van der Waals surface area (Å²) in [6.45, 7) is 2.78. The van der Waals surface area contributed by atoms with Crippen LogP contribution in [-0.2, 0) is 39.3 Å². The van der Waals surface area contributed by atoms with Gasteiger partial charge in [0.15, 0.2) is 0 Å². The monoisotopic (exact) mass is 422 g/mol. The van der Waals surface area contributed by atoms with Crippen molar-refractivity contribution in [3.05, 3.63) is 12.2 Å². The first-order valence-electron chi connectivity index (χ1n) is 6.31. The summed E-state index contributed by atoms with van der Waals surface area (Å²) in [6, 6.07) is 0. The maximum atomic E-state index is 11.4. The maximum absolute atomic E-state index is 11.4. The van der Waals surface area contributed by atoms with Crippen LogP contribution in [0.15, 0.2) is 12.2 Å². The molecule has 0 aromatic carbocycles. The summed E-state index contributed by atoms with van der Waals surface area (Å²) in [6.07, 6.45) is -0.696. The van der Waals surface area contributed by atoms with Crippen LogP contribution in [0.4, 0.5) is 0 Å². The van der Waals surface area contributed by atoms with E-state index in [1.807, 2.05) is 0 Å². The number of esters is 2. The van der Waals surface area contributed by atoms with E-state index in [1.165, 1.54) is 0 Å². The van der Waals surface area contributed by atoms with Crippen LogP contribution < -0.4 is 59.1 Å². The molecule has 0 atom stereocenters. The normalized spacial score (nSPS) is 10.8. The largest absolute Gasteiger partial charge is 1.00 e. The van der Waals surface area contributed by atoms with Gasteiger partial charge >= 0.3 is 71.1 Å². The molecule has 0 fully saturated rings. The van der Waals surface area contributed by atoms with Gasteiger partial charge in [0.1, 0.15) is 0 Å². The minimum atomic E-state index is -4.13. The Kier molecular flexibility index (Phi) is 17.6. The minimum Gasteiger partial charge on any atom is -1.00 e. The third-order valence-electron chi connectivity index (χ3n) is 2.24. The first-order valence-corrected chi connectivity index (χ1v) is 9.53. The average molecular weight is 422 g/mol. The standard InChI is InChI=1S/C11H18O10S2.2Na.2H/c1-9(11(13)21-5-3-7-23(17,18)19)8-10(12)20-4-2-6-22(14,15)16;;;;/h1-8H2,(H,14,15,16)(H,17,18,19);;;;/q;2*+1;2*-1. The Hall–Kier alpha value is 0.500. The summed E-state index contributed by atoms with van der Waals surface area (Å²) in [5.41, 5.74) is -0.225. The molecule has 0 spiro atoms. The molecule has 0 saturated heterocycles. The van der Waals surface area contributed by atoms with Crippen molar-refractivity contribution in [3.8, 4) is 0 Å². The number of rotatable bonds is 11. The average Bonchev–Trinajstić information content (AvgIpc) is 2.37. The van der Waals surface area contributed by atoms with E-state index < -0.39 is 50.1 Å². The number of hydrogen-bond donors (Lipinski definition) is 2. The summed E-state index contributed by atoms with van der Waals surface area (Å²) in [5, 5.41) is 0. The zero-order chi connectivity index (χ0) is 18.1. The summed E-state index contributed by atoms with van der Waals surface area (Å²) < 4.78 is 67.9. The zero-order valence-electron chi connectivity index (χ0n) is 16.1. The minimum absolute atomic E-state index is 0. The number of ether oxygens (including phenoxy) is 2. The van der Waals surface area contributed by atoms with Gasteiger partial charge in [-0.15, -0.1) is 0 Å². The zero-order valence-corrected chi connectivity index (χ0v) is 19.8. The summed E-state index contributed by atoms with van der Waals surface area (Å²) in [5.74, 6) is -2.88. The van der Waals surface area contributed by atoms with Crippen LogP contribution in [0.25, 0.3) is 0 Å². The molecular formula is C11H20Na2O10S2. The molecule has 0 radical (unpaired) electrons. The fourth-order valence-corrected chi connectivity index (χ4v) is 2.20. The van der Waals surface area contributed by atoms with Gasteiger partial charge in [-0.3, -0.25) is 13.9 Å². The molecule has 25 heavy (non-hydrogen) atoms. The maximum Gasteiger partial charge on any atom is 1.00 e. The Morgan fingerprint density at radius 1 is 0.880 bits per heavy atom. The molecule has 138 valence electrons. The van der Waals surface area contributed by atoms with E-state index in [-0.39, 0.29) is 93.6 Å². The van der Waals surface area contributed by atoms with Gasteiger partial charge in [0.05, 0.1) is 31.1 Å². The van der Waals surface area contributed by atoms with Crippen molar-refractivity contribution in [1.29, 1.82) is 0 Å². The molecule has 14 heteroatoms. The van der Waals surface area contributed by atoms with Gasteiger partial charge in [-0.2, -0.15) is 16.8 Å². The molecule has 0 bridgehead atoms. The van der Waals surface area contributed by atoms with E-state index >= 15 is 0 Å². The Labute approximate surface area is 193 Å². The summed E-state index contributed by atoms with van der Waals surface area (Å²) in [7, 11) is -8.26. The van der Waals surface area contributed by atoms with Gasteiger partial charge in [-0.05, 0) is 12.8 Å². The van der Waals surface area contributed by atoms with Crippen LogP contribution in [0, 0.1) is 0 Å². The van der Waals surface area contributed by atoms with Crippen molar-refractivity contribution in [1.82, 2.24) is 0 Å². The Bertz CT molecular complexity index is 652. The van der Waals surface area contributed by atoms with Crippen molar-refractivity contribution in [2.24, 2.45) is 0 Å². The quantitative estimate of drug-likeness (QED) is 0.108. The van der Waals surface area contributed by atoms with E-state index in [0.717, 1.165) is 0 Å². The van der Waals surface area contributed by atoms with Crippen molar-refractivity contribution >= 4 is 32.2 Å². The van der Waals surface area contributed by atoms with Crippen LogP contribution in [0.2, 0.25) is 0 Å². The third kappa shape index (κ3) is 20.7. The Morgan fingerprint density at radius 2 is 1.28 bits per heavy atom. The molecule has 0 aromatic rings. The van der Waals surface area contributed by atoms with Crippen molar-refractivity contribution in [2.75, 3.05) is 24.7 Å². The fraction of sp³-hybridized carbons (Fsp3) is 0.636. The van der Waals surface area contributed by atoms with Crippen molar-refractivity contribution < 1.29 is 107 Å². The van der Waals surface area contributed by atoms with Gasteiger partial charge in [0, 0.05) is 5.57 Å². The van der Waals surface area contributed by atoms with Crippen LogP contribution in [-0.4, -0.2) is 62.6 Å². The predicted octanol–water partition coefficient (Wildman–Crippen LogP) is -6.19. The van der Waals surface area contributed by atoms with E-state index in [0.29, 0.717) is 0 Å². The first kappa shape index (κ1) is 30.2. The molecule has 0 aliphatic rings. The molecule has 0 aliphatic heterocycles. The molecule has 10 nitrogen and oxygen atoms in total. The van der Waals surface area contributed by atoms with Gasteiger partial charge in [0.2, 0.25) is 0 Å². The van der Waals surface area contributed by atoms with Crippen molar-refractivity contribution in [3.63, 3.8) is 0 Å². The molecule has 2 N–H and O–H groups in total. The van der Waals surface area contributed by atoms with Crippen molar-refractivity contribution in [2.45, 2.75) is 19.3 Å². The number of hydrogen-bond acceptors (Lipinski definition) is 8. The summed E-state index contributed by atoms with van der Waals surface area (Å²) in [4.78, 5) is 22.7. The van der Waals surface area contributed by atoms with E-state index in [9.17, 15) is 26.4 Å². The van der Waals surface area contributed by atoms with Crippen LogP contribution in [0.5, 0.6) is 0 Å². The number of carbonyl (C=O) groups is 2. The second-order valence-corrected chi connectivity index (χ2v) is 7.56. The predicted molar refractivity (Wildman–Crippen MR) is 80.0 cm³/mol.